The van der Waals surface area contributed by atoms with Gasteiger partial charge in [-0.1, -0.05) is 6.92 Å². The van der Waals surface area contributed by atoms with Crippen molar-refractivity contribution in [2.45, 2.75) is 45.8 Å². The van der Waals surface area contributed by atoms with Crippen LogP contribution in [0.2, 0.25) is 0 Å². The van der Waals surface area contributed by atoms with E-state index in [1.807, 2.05) is 18.7 Å². The Morgan fingerprint density at radius 1 is 1.47 bits per heavy atom. The molecule has 2 N–H and O–H groups in total. The number of hydrogen-bond acceptors (Lipinski definition) is 4. The van der Waals surface area contributed by atoms with Gasteiger partial charge in [0.05, 0.1) is 11.8 Å². The zero-order chi connectivity index (χ0) is 13.8. The Bertz CT molecular complexity index is 416. The van der Waals surface area contributed by atoms with E-state index in [0.717, 1.165) is 38.2 Å². The van der Waals surface area contributed by atoms with Gasteiger partial charge in [0, 0.05) is 38.9 Å². The lowest BCUT2D eigenvalue weighted by Crippen LogP contribution is -2.41. The highest BCUT2D eigenvalue weighted by atomic mass is 16.5. The normalized spacial score (nSPS) is 20.0. The van der Waals surface area contributed by atoms with Crippen LogP contribution in [0.25, 0.3) is 0 Å². The van der Waals surface area contributed by atoms with Crippen molar-refractivity contribution in [1.29, 1.82) is 0 Å². The molecule has 1 aliphatic heterocycles. The number of piperidine rings is 1. The van der Waals surface area contributed by atoms with Crippen molar-refractivity contribution < 1.29 is 4.74 Å². The fourth-order valence-electron chi connectivity index (χ4n) is 2.88. The van der Waals surface area contributed by atoms with Crippen LogP contribution in [0.5, 0.6) is 0 Å². The highest BCUT2D eigenvalue weighted by Crippen LogP contribution is 2.26. The summed E-state index contributed by atoms with van der Waals surface area (Å²) in [5.41, 5.74) is 8.08. The monoisotopic (exact) mass is 266 g/mol. The predicted molar refractivity (Wildman–Crippen MR) is 77.3 cm³/mol. The SMILES string of the molecule is CCCOC1CCCN(c2c(CN)c(C)nn2C)C1. The molecular weight excluding hydrogens is 240 g/mol. The molecule has 108 valence electrons. The van der Waals surface area contributed by atoms with Gasteiger partial charge < -0.3 is 15.4 Å². The minimum Gasteiger partial charge on any atom is -0.376 e. The van der Waals surface area contributed by atoms with Gasteiger partial charge in [-0.05, 0) is 26.2 Å². The van der Waals surface area contributed by atoms with Gasteiger partial charge in [-0.2, -0.15) is 5.10 Å². The zero-order valence-electron chi connectivity index (χ0n) is 12.4. The number of anilines is 1. The Morgan fingerprint density at radius 3 is 2.95 bits per heavy atom. The highest BCUT2D eigenvalue weighted by molar-refractivity contribution is 5.50. The Morgan fingerprint density at radius 2 is 2.26 bits per heavy atom. The standard InChI is InChI=1S/C14H26N4O/c1-4-8-19-12-6-5-7-18(10-12)14-13(9-15)11(2)16-17(14)3/h12H,4-10,15H2,1-3H3. The molecular formula is C14H26N4O. The molecule has 1 atom stereocenters. The van der Waals surface area contributed by atoms with Crippen LogP contribution in [-0.2, 0) is 18.3 Å². The van der Waals surface area contributed by atoms with Gasteiger partial charge in [-0.15, -0.1) is 0 Å². The molecule has 1 unspecified atom stereocenters. The molecule has 0 bridgehead atoms. The maximum Gasteiger partial charge on any atom is 0.131 e. The summed E-state index contributed by atoms with van der Waals surface area (Å²) in [7, 11) is 2.00. The van der Waals surface area contributed by atoms with Crippen molar-refractivity contribution in [1.82, 2.24) is 9.78 Å². The molecule has 0 spiro atoms. The van der Waals surface area contributed by atoms with E-state index in [1.54, 1.807) is 0 Å². The predicted octanol–water partition coefficient (Wildman–Crippen LogP) is 1.58. The molecule has 1 aliphatic rings. The molecule has 0 amide bonds. The van der Waals surface area contributed by atoms with Crippen molar-refractivity contribution in [2.75, 3.05) is 24.6 Å². The van der Waals surface area contributed by atoms with E-state index in [0.29, 0.717) is 12.6 Å². The summed E-state index contributed by atoms with van der Waals surface area (Å²) >= 11 is 0. The third-order valence-electron chi connectivity index (χ3n) is 3.75. The summed E-state index contributed by atoms with van der Waals surface area (Å²) < 4.78 is 7.86. The third kappa shape index (κ3) is 3.09. The van der Waals surface area contributed by atoms with Crippen molar-refractivity contribution in [2.24, 2.45) is 12.8 Å². The van der Waals surface area contributed by atoms with Crippen LogP contribution in [0.3, 0.4) is 0 Å². The number of rotatable bonds is 5. The molecule has 19 heavy (non-hydrogen) atoms. The average Bonchev–Trinajstić information content (AvgIpc) is 2.70. The quantitative estimate of drug-likeness (QED) is 0.879. The molecule has 1 fully saturated rings. The lowest BCUT2D eigenvalue weighted by Gasteiger charge is -2.34. The average molecular weight is 266 g/mol. The van der Waals surface area contributed by atoms with Crippen molar-refractivity contribution >= 4 is 5.82 Å². The number of aryl methyl sites for hydroxylation is 2. The second-order valence-corrected chi connectivity index (χ2v) is 5.30. The minimum atomic E-state index is 0.342. The van der Waals surface area contributed by atoms with E-state index in [4.69, 9.17) is 10.5 Å². The molecule has 0 radical (unpaired) electrons. The summed E-state index contributed by atoms with van der Waals surface area (Å²) in [6, 6.07) is 0. The lowest BCUT2D eigenvalue weighted by molar-refractivity contribution is 0.0437. The Labute approximate surface area is 115 Å². The maximum atomic E-state index is 5.90. The van der Waals surface area contributed by atoms with Crippen LogP contribution in [0.4, 0.5) is 5.82 Å². The largest absolute Gasteiger partial charge is 0.376 e. The van der Waals surface area contributed by atoms with Gasteiger partial charge in [0.1, 0.15) is 5.82 Å². The first-order chi connectivity index (χ1) is 9.17. The topological polar surface area (TPSA) is 56.3 Å². The van der Waals surface area contributed by atoms with Crippen LogP contribution in [0.1, 0.15) is 37.4 Å². The maximum absolute atomic E-state index is 5.90. The number of nitrogens with zero attached hydrogens (tertiary/aromatic N) is 3. The van der Waals surface area contributed by atoms with Crippen molar-refractivity contribution in [3.63, 3.8) is 0 Å². The second kappa shape index (κ2) is 6.39. The molecule has 0 aliphatic carbocycles. The molecule has 2 rings (SSSR count). The summed E-state index contributed by atoms with van der Waals surface area (Å²) in [4.78, 5) is 2.38. The minimum absolute atomic E-state index is 0.342. The molecule has 5 heteroatoms. The van der Waals surface area contributed by atoms with Gasteiger partial charge in [0.15, 0.2) is 0 Å². The fourth-order valence-corrected chi connectivity index (χ4v) is 2.88. The smallest absolute Gasteiger partial charge is 0.131 e. The number of nitrogens with two attached hydrogens (primary N) is 1. The fraction of sp³-hybridized carbons (Fsp3) is 0.786. The first-order valence-electron chi connectivity index (χ1n) is 7.26. The highest BCUT2D eigenvalue weighted by Gasteiger charge is 2.25. The summed E-state index contributed by atoms with van der Waals surface area (Å²) in [6.07, 6.45) is 3.75. The van der Waals surface area contributed by atoms with E-state index in [1.165, 1.54) is 17.8 Å². The van der Waals surface area contributed by atoms with Crippen molar-refractivity contribution in [3.8, 4) is 0 Å². The molecule has 1 saturated heterocycles. The zero-order valence-corrected chi connectivity index (χ0v) is 12.4. The van der Waals surface area contributed by atoms with Crippen LogP contribution in [-0.4, -0.2) is 35.6 Å². The van der Waals surface area contributed by atoms with Crippen LogP contribution >= 0.6 is 0 Å². The van der Waals surface area contributed by atoms with E-state index in [9.17, 15) is 0 Å². The summed E-state index contributed by atoms with van der Waals surface area (Å²) in [6.45, 7) is 7.60. The summed E-state index contributed by atoms with van der Waals surface area (Å²) in [5, 5.41) is 4.50. The molecule has 1 aromatic rings. The van der Waals surface area contributed by atoms with Crippen LogP contribution in [0, 0.1) is 6.92 Å². The van der Waals surface area contributed by atoms with Crippen LogP contribution < -0.4 is 10.6 Å². The van der Waals surface area contributed by atoms with E-state index in [-0.39, 0.29) is 0 Å². The molecule has 2 heterocycles. The first-order valence-corrected chi connectivity index (χ1v) is 7.26. The van der Waals surface area contributed by atoms with Crippen molar-refractivity contribution in [3.05, 3.63) is 11.3 Å². The Balaban J connectivity index is 2.12. The van der Waals surface area contributed by atoms with Gasteiger partial charge in [-0.25, -0.2) is 0 Å². The Hall–Kier alpha value is -1.07. The van der Waals surface area contributed by atoms with E-state index < -0.39 is 0 Å². The van der Waals surface area contributed by atoms with E-state index in [2.05, 4.69) is 16.9 Å². The molecule has 1 aromatic heterocycles. The number of aromatic nitrogens is 2. The third-order valence-corrected chi connectivity index (χ3v) is 3.75. The van der Waals surface area contributed by atoms with Gasteiger partial charge in [0.2, 0.25) is 0 Å². The number of ether oxygens (including phenoxy) is 1. The van der Waals surface area contributed by atoms with E-state index >= 15 is 0 Å². The van der Waals surface area contributed by atoms with Crippen LogP contribution in [0.15, 0.2) is 0 Å². The number of hydrogen-bond donors (Lipinski definition) is 1. The lowest BCUT2D eigenvalue weighted by atomic mass is 10.1. The molecule has 0 aromatic carbocycles. The van der Waals surface area contributed by atoms with Gasteiger partial charge in [-0.3, -0.25) is 4.68 Å². The molecule has 0 saturated carbocycles. The molecule has 5 nitrogen and oxygen atoms in total. The first kappa shape index (κ1) is 14.3. The second-order valence-electron chi connectivity index (χ2n) is 5.30. The van der Waals surface area contributed by atoms with Gasteiger partial charge in [0.25, 0.3) is 0 Å². The summed E-state index contributed by atoms with van der Waals surface area (Å²) in [5.74, 6) is 1.17. The Kier molecular flexibility index (Phi) is 4.82. The van der Waals surface area contributed by atoms with Gasteiger partial charge >= 0.3 is 0 Å².